The van der Waals surface area contributed by atoms with Crippen LogP contribution in [0.4, 0.5) is 15.8 Å². The van der Waals surface area contributed by atoms with Crippen LogP contribution in [-0.2, 0) is 13.0 Å². The smallest absolute Gasteiger partial charge is 0.154 e. The lowest BCUT2D eigenvalue weighted by molar-refractivity contribution is 0.248. The molecule has 0 bridgehead atoms. The fraction of sp³-hybridized carbons (Fsp3) is 0.0690. The van der Waals surface area contributed by atoms with Crippen molar-refractivity contribution >= 4 is 23.5 Å². The second-order valence-electron chi connectivity index (χ2n) is 8.08. The summed E-state index contributed by atoms with van der Waals surface area (Å²) in [5.74, 6) is 0.789. The van der Waals surface area contributed by atoms with Crippen molar-refractivity contribution in [2.24, 2.45) is 0 Å². The molecule has 0 fully saturated rings. The summed E-state index contributed by atoms with van der Waals surface area (Å²) in [6, 6.07) is 25.8. The zero-order valence-corrected chi connectivity index (χ0v) is 19.6. The quantitative estimate of drug-likeness (QED) is 0.177. The van der Waals surface area contributed by atoms with Gasteiger partial charge in [0.15, 0.2) is 5.76 Å². The Morgan fingerprint density at radius 2 is 1.58 bits per heavy atom. The van der Waals surface area contributed by atoms with Crippen LogP contribution < -0.4 is 11.5 Å². The Morgan fingerprint density at radius 3 is 2.31 bits per heavy atom. The second-order valence-corrected chi connectivity index (χ2v) is 8.08. The SMILES string of the molecule is Nc1ccc(C=Cc2ccccc2)cc1N.OCc1ccc(-c2n[nH]cc2Cc2ccccc2F)o1. The van der Waals surface area contributed by atoms with Crippen LogP contribution in [0.5, 0.6) is 0 Å². The summed E-state index contributed by atoms with van der Waals surface area (Å²) in [5.41, 5.74) is 16.9. The van der Waals surface area contributed by atoms with E-state index in [0.717, 1.165) is 16.7 Å². The lowest BCUT2D eigenvalue weighted by atomic mass is 10.0. The zero-order chi connectivity index (χ0) is 25.3. The molecule has 0 unspecified atom stereocenters. The van der Waals surface area contributed by atoms with Gasteiger partial charge in [0.05, 0.1) is 11.4 Å². The summed E-state index contributed by atoms with van der Waals surface area (Å²) in [4.78, 5) is 0. The van der Waals surface area contributed by atoms with Crippen LogP contribution in [0, 0.1) is 5.82 Å². The van der Waals surface area contributed by atoms with Crippen LogP contribution in [0.15, 0.2) is 95.5 Å². The van der Waals surface area contributed by atoms with E-state index in [1.807, 2.05) is 48.6 Å². The molecule has 5 rings (SSSR count). The first-order valence-electron chi connectivity index (χ1n) is 11.4. The van der Waals surface area contributed by atoms with E-state index in [-0.39, 0.29) is 12.4 Å². The van der Waals surface area contributed by atoms with Crippen LogP contribution in [-0.4, -0.2) is 15.3 Å². The van der Waals surface area contributed by atoms with Gasteiger partial charge in [-0.2, -0.15) is 5.10 Å². The fourth-order valence-electron chi connectivity index (χ4n) is 3.55. The van der Waals surface area contributed by atoms with E-state index in [0.29, 0.717) is 40.6 Å². The molecule has 2 heterocycles. The van der Waals surface area contributed by atoms with Crippen molar-refractivity contribution in [1.29, 1.82) is 0 Å². The standard InChI is InChI=1S/C15H13FN2O2.C14H14N2/c16-13-4-2-1-3-10(13)7-11-8-17-18-15(11)14-6-5-12(9-19)20-14;15-13-9-8-12(10-14(13)16)7-6-11-4-2-1-3-5-11/h1-6,8,19H,7,9H2,(H,17,18);1-10H,15-16H2. The van der Waals surface area contributed by atoms with Gasteiger partial charge in [-0.25, -0.2) is 4.39 Å². The summed E-state index contributed by atoms with van der Waals surface area (Å²) in [5, 5.41) is 15.9. The molecule has 0 amide bonds. The van der Waals surface area contributed by atoms with Gasteiger partial charge in [0.25, 0.3) is 0 Å². The number of halogens is 1. The molecular weight excluding hydrogens is 455 g/mol. The van der Waals surface area contributed by atoms with Crippen molar-refractivity contribution in [1.82, 2.24) is 10.2 Å². The Kier molecular flexibility index (Phi) is 7.95. The molecule has 0 aliphatic carbocycles. The number of aliphatic hydroxyl groups excluding tert-OH is 1. The number of aromatic nitrogens is 2. The predicted molar refractivity (Wildman–Crippen MR) is 142 cm³/mol. The first kappa shape index (κ1) is 24.5. The summed E-state index contributed by atoms with van der Waals surface area (Å²) in [7, 11) is 0. The van der Waals surface area contributed by atoms with E-state index in [1.54, 1.807) is 36.5 Å². The van der Waals surface area contributed by atoms with Crippen LogP contribution in [0.2, 0.25) is 0 Å². The number of nitrogen functional groups attached to an aromatic ring is 2. The van der Waals surface area contributed by atoms with E-state index in [4.69, 9.17) is 21.0 Å². The monoisotopic (exact) mass is 482 g/mol. The van der Waals surface area contributed by atoms with Crippen molar-refractivity contribution in [3.8, 4) is 11.5 Å². The summed E-state index contributed by atoms with van der Waals surface area (Å²) >= 11 is 0. The van der Waals surface area contributed by atoms with Crippen molar-refractivity contribution in [2.75, 3.05) is 11.5 Å². The first-order chi connectivity index (χ1) is 17.5. The molecule has 182 valence electrons. The van der Waals surface area contributed by atoms with E-state index >= 15 is 0 Å². The van der Waals surface area contributed by atoms with Crippen LogP contribution in [0.3, 0.4) is 0 Å². The summed E-state index contributed by atoms with van der Waals surface area (Å²) in [6.07, 6.45) is 6.21. The van der Waals surface area contributed by atoms with Gasteiger partial charge >= 0.3 is 0 Å². The molecule has 6 N–H and O–H groups in total. The topological polar surface area (TPSA) is 114 Å². The van der Waals surface area contributed by atoms with E-state index in [1.165, 1.54) is 6.07 Å². The molecule has 0 radical (unpaired) electrons. The van der Waals surface area contributed by atoms with E-state index in [9.17, 15) is 4.39 Å². The second kappa shape index (κ2) is 11.7. The third kappa shape index (κ3) is 6.28. The van der Waals surface area contributed by atoms with Gasteiger partial charge in [-0.1, -0.05) is 66.7 Å². The third-order valence-electron chi connectivity index (χ3n) is 5.49. The lowest BCUT2D eigenvalue weighted by Crippen LogP contribution is -1.93. The van der Waals surface area contributed by atoms with Crippen LogP contribution >= 0.6 is 0 Å². The highest BCUT2D eigenvalue weighted by atomic mass is 19.1. The molecule has 5 aromatic rings. The Hall–Kier alpha value is -4.62. The highest BCUT2D eigenvalue weighted by Gasteiger charge is 2.14. The van der Waals surface area contributed by atoms with Crippen molar-refractivity contribution < 1.29 is 13.9 Å². The molecule has 7 heteroatoms. The maximum atomic E-state index is 13.7. The van der Waals surface area contributed by atoms with E-state index < -0.39 is 0 Å². The van der Waals surface area contributed by atoms with Crippen LogP contribution in [0.1, 0.15) is 28.0 Å². The number of anilines is 2. The highest BCUT2D eigenvalue weighted by molar-refractivity contribution is 5.74. The number of H-pyrrole nitrogens is 1. The minimum absolute atomic E-state index is 0.160. The Bertz CT molecular complexity index is 1440. The maximum absolute atomic E-state index is 13.7. The number of hydrogen-bond donors (Lipinski definition) is 4. The largest absolute Gasteiger partial charge is 0.457 e. The van der Waals surface area contributed by atoms with Crippen molar-refractivity contribution in [2.45, 2.75) is 13.0 Å². The molecule has 0 aliphatic heterocycles. The molecule has 36 heavy (non-hydrogen) atoms. The number of nitrogens with zero attached hydrogens (tertiary/aromatic N) is 1. The molecule has 2 aromatic heterocycles. The van der Waals surface area contributed by atoms with Crippen molar-refractivity contribution in [3.05, 3.63) is 125 Å². The third-order valence-corrected chi connectivity index (χ3v) is 5.49. The average molecular weight is 483 g/mol. The molecule has 0 saturated carbocycles. The number of nitrogens with two attached hydrogens (primary N) is 2. The number of nitrogens with one attached hydrogen (secondary N) is 1. The lowest BCUT2D eigenvalue weighted by Gasteiger charge is -2.02. The maximum Gasteiger partial charge on any atom is 0.154 e. The first-order valence-corrected chi connectivity index (χ1v) is 11.4. The highest BCUT2D eigenvalue weighted by Crippen LogP contribution is 2.26. The number of furan rings is 1. The summed E-state index contributed by atoms with van der Waals surface area (Å²) < 4.78 is 19.1. The van der Waals surface area contributed by atoms with Gasteiger partial charge in [0, 0.05) is 18.2 Å². The molecule has 6 nitrogen and oxygen atoms in total. The molecule has 0 atom stereocenters. The normalized spacial score (nSPS) is 10.8. The molecule has 3 aromatic carbocycles. The average Bonchev–Trinajstić information content (AvgIpc) is 3.56. The predicted octanol–water partition coefficient (Wildman–Crippen LogP) is 5.91. The number of rotatable bonds is 6. The van der Waals surface area contributed by atoms with Gasteiger partial charge < -0.3 is 21.0 Å². The zero-order valence-electron chi connectivity index (χ0n) is 19.6. The van der Waals surface area contributed by atoms with Crippen molar-refractivity contribution in [3.63, 3.8) is 0 Å². The number of aromatic amines is 1. The Balaban J connectivity index is 0.000000174. The van der Waals surface area contributed by atoms with Crippen LogP contribution in [0.25, 0.3) is 23.6 Å². The molecule has 0 spiro atoms. The Morgan fingerprint density at radius 1 is 0.833 bits per heavy atom. The Labute approximate surface area is 208 Å². The number of aliphatic hydroxyl groups is 1. The number of benzene rings is 3. The summed E-state index contributed by atoms with van der Waals surface area (Å²) in [6.45, 7) is -0.160. The number of hydrogen-bond acceptors (Lipinski definition) is 5. The van der Waals surface area contributed by atoms with Gasteiger partial charge in [-0.3, -0.25) is 5.10 Å². The fourth-order valence-corrected chi connectivity index (χ4v) is 3.55. The van der Waals surface area contributed by atoms with E-state index in [2.05, 4.69) is 22.3 Å². The van der Waals surface area contributed by atoms with Gasteiger partial charge in [-0.05, 0) is 47.0 Å². The minimum Gasteiger partial charge on any atom is -0.457 e. The molecule has 0 saturated heterocycles. The minimum atomic E-state index is -0.241. The molecular formula is C29H27FN4O2. The molecule has 0 aliphatic rings. The van der Waals surface area contributed by atoms with Gasteiger partial charge in [0.1, 0.15) is 23.9 Å². The van der Waals surface area contributed by atoms with Gasteiger partial charge in [-0.15, -0.1) is 0 Å². The van der Waals surface area contributed by atoms with Gasteiger partial charge in [0.2, 0.25) is 0 Å².